The van der Waals surface area contributed by atoms with Gasteiger partial charge in [0.15, 0.2) is 0 Å². The van der Waals surface area contributed by atoms with Crippen LogP contribution in [0.3, 0.4) is 0 Å². The molecular weight excluding hydrogens is 386 g/mol. The van der Waals surface area contributed by atoms with Gasteiger partial charge in [-0.3, -0.25) is 9.59 Å². The summed E-state index contributed by atoms with van der Waals surface area (Å²) in [6.07, 6.45) is 0.292. The maximum Gasteiger partial charge on any atom is 0.228 e. The monoisotopic (exact) mass is 411 g/mol. The van der Waals surface area contributed by atoms with Crippen LogP contribution in [0.15, 0.2) is 42.5 Å². The number of rotatable bonds is 3. The van der Waals surface area contributed by atoms with Gasteiger partial charge in [-0.15, -0.1) is 0 Å². The van der Waals surface area contributed by atoms with E-state index in [1.165, 1.54) is 0 Å². The molecule has 0 radical (unpaired) electrons. The van der Waals surface area contributed by atoms with Crippen molar-refractivity contribution in [2.75, 3.05) is 42.5 Å². The van der Waals surface area contributed by atoms with E-state index in [2.05, 4.69) is 11.0 Å². The normalized spacial score (nSPS) is 19.8. The number of carbonyl (C=O) groups is 2. The fourth-order valence-electron chi connectivity index (χ4n) is 4.35. The average molecular weight is 412 g/mol. The second kappa shape index (κ2) is 8.07. The van der Waals surface area contributed by atoms with Gasteiger partial charge in [-0.2, -0.15) is 0 Å². The fourth-order valence-corrected chi connectivity index (χ4v) is 4.53. The number of carbonyl (C=O) groups excluding carboxylic acids is 2. The Morgan fingerprint density at radius 3 is 2.31 bits per heavy atom. The molecule has 2 aliphatic heterocycles. The summed E-state index contributed by atoms with van der Waals surface area (Å²) in [5.74, 6) is -0.136. The molecule has 0 bridgehead atoms. The molecule has 152 valence electrons. The molecule has 2 fully saturated rings. The predicted molar refractivity (Wildman–Crippen MR) is 117 cm³/mol. The summed E-state index contributed by atoms with van der Waals surface area (Å²) in [6, 6.07) is 13.9. The van der Waals surface area contributed by atoms with Crippen molar-refractivity contribution in [3.63, 3.8) is 0 Å². The summed E-state index contributed by atoms with van der Waals surface area (Å²) in [6.45, 7) is 7.40. The number of hydrogen-bond acceptors (Lipinski definition) is 3. The first-order valence-electron chi connectivity index (χ1n) is 10.1. The van der Waals surface area contributed by atoms with E-state index in [9.17, 15) is 9.59 Å². The Hall–Kier alpha value is -2.53. The molecule has 2 saturated heterocycles. The van der Waals surface area contributed by atoms with E-state index in [1.54, 1.807) is 4.90 Å². The average Bonchev–Trinajstić information content (AvgIpc) is 3.08. The lowest BCUT2D eigenvalue weighted by atomic mass is 10.1. The highest BCUT2D eigenvalue weighted by molar-refractivity contribution is 6.30. The molecule has 29 heavy (non-hydrogen) atoms. The van der Waals surface area contributed by atoms with Crippen molar-refractivity contribution in [2.24, 2.45) is 5.92 Å². The lowest BCUT2D eigenvalue weighted by Crippen LogP contribution is -2.50. The van der Waals surface area contributed by atoms with Crippen LogP contribution in [0.4, 0.5) is 11.4 Å². The van der Waals surface area contributed by atoms with Crippen LogP contribution in [0.5, 0.6) is 0 Å². The van der Waals surface area contributed by atoms with Gasteiger partial charge in [0.1, 0.15) is 0 Å². The minimum absolute atomic E-state index is 0.0333. The molecule has 4 rings (SSSR count). The molecule has 0 aliphatic carbocycles. The standard InChI is InChI=1S/C23H26ClN3O2/c1-16-10-17(2)12-21(11-16)27-15-18(13-22(27)28)23(29)26-8-6-25(7-9-26)20-5-3-4-19(24)14-20/h3-5,10-12,14,18H,6-9,13,15H2,1-2H3. The highest BCUT2D eigenvalue weighted by Gasteiger charge is 2.38. The molecule has 2 aliphatic rings. The van der Waals surface area contributed by atoms with Crippen LogP contribution in [0.2, 0.25) is 5.02 Å². The molecule has 0 N–H and O–H groups in total. The SMILES string of the molecule is Cc1cc(C)cc(N2CC(C(=O)N3CCN(c4cccc(Cl)c4)CC3)CC2=O)c1. The summed E-state index contributed by atoms with van der Waals surface area (Å²) in [4.78, 5) is 31.6. The number of halogens is 1. The van der Waals surface area contributed by atoms with Crippen molar-refractivity contribution >= 4 is 34.8 Å². The second-order valence-corrected chi connectivity index (χ2v) is 8.48. The Bertz CT molecular complexity index is 917. The predicted octanol–water partition coefficient (Wildman–Crippen LogP) is 3.66. The maximum atomic E-state index is 13.1. The zero-order valence-corrected chi connectivity index (χ0v) is 17.7. The van der Waals surface area contributed by atoms with Gasteiger partial charge in [0, 0.05) is 55.5 Å². The van der Waals surface area contributed by atoms with Crippen LogP contribution < -0.4 is 9.80 Å². The summed E-state index contributed by atoms with van der Waals surface area (Å²) in [5, 5.41) is 0.719. The molecule has 1 unspecified atom stereocenters. The minimum atomic E-state index is -0.263. The van der Waals surface area contributed by atoms with E-state index in [0.717, 1.165) is 40.6 Å². The highest BCUT2D eigenvalue weighted by Crippen LogP contribution is 2.29. The number of anilines is 2. The van der Waals surface area contributed by atoms with E-state index in [0.29, 0.717) is 26.1 Å². The van der Waals surface area contributed by atoms with E-state index < -0.39 is 0 Å². The van der Waals surface area contributed by atoms with Crippen molar-refractivity contribution in [3.05, 3.63) is 58.6 Å². The Morgan fingerprint density at radius 2 is 1.66 bits per heavy atom. The molecule has 0 aromatic heterocycles. The first kappa shape index (κ1) is 19.8. The van der Waals surface area contributed by atoms with Gasteiger partial charge in [-0.05, 0) is 55.3 Å². The largest absolute Gasteiger partial charge is 0.368 e. The second-order valence-electron chi connectivity index (χ2n) is 8.04. The molecule has 0 spiro atoms. The quantitative estimate of drug-likeness (QED) is 0.774. The number of benzene rings is 2. The van der Waals surface area contributed by atoms with Crippen LogP contribution in [0.25, 0.3) is 0 Å². The number of hydrogen-bond donors (Lipinski definition) is 0. The molecule has 5 nitrogen and oxygen atoms in total. The van der Waals surface area contributed by atoms with Crippen LogP contribution in [-0.4, -0.2) is 49.4 Å². The van der Waals surface area contributed by atoms with Crippen LogP contribution >= 0.6 is 11.6 Å². The molecule has 6 heteroatoms. The lowest BCUT2D eigenvalue weighted by Gasteiger charge is -2.37. The summed E-state index contributed by atoms with van der Waals surface area (Å²) < 4.78 is 0. The Balaban J connectivity index is 1.39. The summed E-state index contributed by atoms with van der Waals surface area (Å²) in [7, 11) is 0. The zero-order valence-electron chi connectivity index (χ0n) is 16.9. The fraction of sp³-hybridized carbons (Fsp3) is 0.391. The third kappa shape index (κ3) is 4.25. The molecular formula is C23H26ClN3O2. The van der Waals surface area contributed by atoms with Crippen LogP contribution in [-0.2, 0) is 9.59 Å². The summed E-state index contributed by atoms with van der Waals surface area (Å²) >= 11 is 6.10. The van der Waals surface area contributed by atoms with E-state index in [1.807, 2.05) is 55.1 Å². The van der Waals surface area contributed by atoms with Crippen molar-refractivity contribution in [1.82, 2.24) is 4.90 Å². The van der Waals surface area contributed by atoms with Crippen LogP contribution in [0.1, 0.15) is 17.5 Å². The highest BCUT2D eigenvalue weighted by atomic mass is 35.5. The van der Waals surface area contributed by atoms with Crippen molar-refractivity contribution < 1.29 is 9.59 Å². The first-order chi connectivity index (χ1) is 13.9. The number of aryl methyl sites for hydroxylation is 2. The third-order valence-electron chi connectivity index (χ3n) is 5.76. The van der Waals surface area contributed by atoms with Crippen molar-refractivity contribution in [1.29, 1.82) is 0 Å². The minimum Gasteiger partial charge on any atom is -0.368 e. The Kier molecular flexibility index (Phi) is 5.50. The van der Waals surface area contributed by atoms with Crippen molar-refractivity contribution in [3.8, 4) is 0 Å². The van der Waals surface area contributed by atoms with E-state index in [-0.39, 0.29) is 17.7 Å². The van der Waals surface area contributed by atoms with Crippen molar-refractivity contribution in [2.45, 2.75) is 20.3 Å². The van der Waals surface area contributed by atoms with E-state index in [4.69, 9.17) is 11.6 Å². The molecule has 1 atom stereocenters. The molecule has 2 aromatic carbocycles. The van der Waals surface area contributed by atoms with Gasteiger partial charge < -0.3 is 14.7 Å². The lowest BCUT2D eigenvalue weighted by molar-refractivity contribution is -0.136. The summed E-state index contributed by atoms with van der Waals surface area (Å²) in [5.41, 5.74) is 4.23. The van der Waals surface area contributed by atoms with E-state index >= 15 is 0 Å². The molecule has 2 amide bonds. The Labute approximate surface area is 176 Å². The van der Waals surface area contributed by atoms with Crippen LogP contribution in [0, 0.1) is 19.8 Å². The van der Waals surface area contributed by atoms with Gasteiger partial charge in [0.25, 0.3) is 0 Å². The molecule has 2 heterocycles. The number of nitrogens with zero attached hydrogens (tertiary/aromatic N) is 3. The topological polar surface area (TPSA) is 43.9 Å². The Morgan fingerprint density at radius 1 is 0.966 bits per heavy atom. The van der Waals surface area contributed by atoms with Gasteiger partial charge in [0.2, 0.25) is 11.8 Å². The number of amides is 2. The van der Waals surface area contributed by atoms with Gasteiger partial charge in [0.05, 0.1) is 5.92 Å². The molecule has 2 aromatic rings. The maximum absolute atomic E-state index is 13.1. The zero-order chi connectivity index (χ0) is 20.5. The smallest absolute Gasteiger partial charge is 0.228 e. The van der Waals surface area contributed by atoms with Gasteiger partial charge >= 0.3 is 0 Å². The van der Waals surface area contributed by atoms with Gasteiger partial charge in [-0.1, -0.05) is 23.7 Å². The molecule has 0 saturated carbocycles. The number of piperazine rings is 1. The first-order valence-corrected chi connectivity index (χ1v) is 10.5. The van der Waals surface area contributed by atoms with Gasteiger partial charge in [-0.25, -0.2) is 0 Å². The third-order valence-corrected chi connectivity index (χ3v) is 5.99.